The van der Waals surface area contributed by atoms with Crippen molar-refractivity contribution in [2.24, 2.45) is 16.0 Å². The number of hydrogen-bond donors (Lipinski definition) is 2. The molecule has 1 aliphatic heterocycles. The van der Waals surface area contributed by atoms with Gasteiger partial charge < -0.3 is 25.4 Å². The number of nitrogens with two attached hydrogens (primary N) is 1. The van der Waals surface area contributed by atoms with Crippen LogP contribution < -0.4 is 20.7 Å². The van der Waals surface area contributed by atoms with Crippen LogP contribution >= 0.6 is 0 Å². The fraction of sp³-hybridized carbons (Fsp3) is 0.421. The molecule has 0 bridgehead atoms. The third-order valence-electron chi connectivity index (χ3n) is 4.21. The van der Waals surface area contributed by atoms with E-state index in [0.29, 0.717) is 49.3 Å². The summed E-state index contributed by atoms with van der Waals surface area (Å²) in [4.78, 5) is 22.4. The molecule has 1 saturated heterocycles. The van der Waals surface area contributed by atoms with Crippen LogP contribution in [0.3, 0.4) is 0 Å². The first-order chi connectivity index (χ1) is 14.2. The maximum atomic E-state index is 11.3. The number of benzene rings is 1. The number of hydrogen-bond acceptors (Lipinski definition) is 9. The van der Waals surface area contributed by atoms with E-state index in [4.69, 9.17) is 15.2 Å². The van der Waals surface area contributed by atoms with Gasteiger partial charge in [-0.05, 0) is 25.2 Å². The molecule has 0 unspecified atom stereocenters. The monoisotopic (exact) mass is 399 g/mol. The van der Waals surface area contributed by atoms with Gasteiger partial charge in [0.1, 0.15) is 19.0 Å². The van der Waals surface area contributed by atoms with Crippen LogP contribution in [-0.4, -0.2) is 62.4 Å². The average molecular weight is 399 g/mol. The summed E-state index contributed by atoms with van der Waals surface area (Å²) in [5, 5.41) is 11.4. The van der Waals surface area contributed by atoms with E-state index in [1.54, 1.807) is 24.3 Å². The molecular formula is C19H25N7O3. The minimum absolute atomic E-state index is 0.253. The van der Waals surface area contributed by atoms with Gasteiger partial charge in [0.15, 0.2) is 0 Å². The van der Waals surface area contributed by atoms with Gasteiger partial charge in [-0.15, -0.1) is 0 Å². The standard InChI is InChI=1S/C19H25N7O3/c1-21-5-8-29-19-23-16(12-17(24-19)26-6-9-28-10-7-26)13-22-25-15-4-2-3-14(11-15)18(20)27/h2-4,11-12,21H,5-10,13H2,1H3,(H2,20,27). The van der Waals surface area contributed by atoms with E-state index in [9.17, 15) is 4.79 Å². The first kappa shape index (κ1) is 20.6. The minimum Gasteiger partial charge on any atom is -0.462 e. The fourth-order valence-electron chi connectivity index (χ4n) is 2.71. The van der Waals surface area contributed by atoms with E-state index in [-0.39, 0.29) is 6.54 Å². The van der Waals surface area contributed by atoms with Crippen molar-refractivity contribution in [1.82, 2.24) is 15.3 Å². The lowest BCUT2D eigenvalue weighted by molar-refractivity contribution is 0.100. The number of rotatable bonds is 9. The molecule has 1 aliphatic rings. The van der Waals surface area contributed by atoms with Gasteiger partial charge in [0.05, 0.1) is 24.6 Å². The summed E-state index contributed by atoms with van der Waals surface area (Å²) >= 11 is 0. The van der Waals surface area contributed by atoms with Crippen molar-refractivity contribution in [2.75, 3.05) is 51.4 Å². The first-order valence-corrected chi connectivity index (χ1v) is 9.41. The summed E-state index contributed by atoms with van der Waals surface area (Å²) in [6, 6.07) is 8.89. The van der Waals surface area contributed by atoms with Crippen LogP contribution in [-0.2, 0) is 11.3 Å². The second kappa shape index (κ2) is 10.4. The van der Waals surface area contributed by atoms with Gasteiger partial charge in [0.25, 0.3) is 0 Å². The number of azo groups is 1. The van der Waals surface area contributed by atoms with Crippen molar-refractivity contribution in [1.29, 1.82) is 0 Å². The summed E-state index contributed by atoms with van der Waals surface area (Å²) in [5.74, 6) is 0.278. The Bertz CT molecular complexity index is 853. The zero-order valence-electron chi connectivity index (χ0n) is 16.4. The Balaban J connectivity index is 1.74. The normalized spacial score (nSPS) is 14.3. The molecule has 154 valence electrons. The van der Waals surface area contributed by atoms with Crippen LogP contribution in [0.1, 0.15) is 16.1 Å². The molecule has 0 aliphatic carbocycles. The zero-order valence-corrected chi connectivity index (χ0v) is 16.4. The molecule has 10 nitrogen and oxygen atoms in total. The molecule has 1 fully saturated rings. The van der Waals surface area contributed by atoms with Gasteiger partial charge in [0.2, 0.25) is 5.91 Å². The van der Waals surface area contributed by atoms with Crippen LogP contribution in [0, 0.1) is 0 Å². The number of ether oxygens (including phenoxy) is 2. The molecule has 1 aromatic heterocycles. The lowest BCUT2D eigenvalue weighted by Gasteiger charge is -2.28. The number of nitrogens with one attached hydrogen (secondary N) is 1. The topological polar surface area (TPSA) is 127 Å². The highest BCUT2D eigenvalue weighted by atomic mass is 16.5. The average Bonchev–Trinajstić information content (AvgIpc) is 2.75. The Morgan fingerprint density at radius 2 is 2.14 bits per heavy atom. The molecule has 2 aromatic rings. The number of primary amides is 1. The Morgan fingerprint density at radius 3 is 2.90 bits per heavy atom. The smallest absolute Gasteiger partial charge is 0.318 e. The van der Waals surface area contributed by atoms with Gasteiger partial charge in [-0.25, -0.2) is 0 Å². The Morgan fingerprint density at radius 1 is 1.31 bits per heavy atom. The van der Waals surface area contributed by atoms with E-state index in [0.717, 1.165) is 18.9 Å². The molecule has 0 atom stereocenters. The van der Waals surface area contributed by atoms with E-state index < -0.39 is 5.91 Å². The van der Waals surface area contributed by atoms with Crippen LogP contribution in [0.25, 0.3) is 0 Å². The number of morpholine rings is 1. The zero-order chi connectivity index (χ0) is 20.5. The molecule has 0 spiro atoms. The SMILES string of the molecule is CNCCOc1nc(CN=Nc2cccc(C(N)=O)c2)cc(N2CCOCC2)n1. The van der Waals surface area contributed by atoms with Crippen molar-refractivity contribution in [3.63, 3.8) is 0 Å². The van der Waals surface area contributed by atoms with Gasteiger partial charge in [-0.2, -0.15) is 20.2 Å². The van der Waals surface area contributed by atoms with Gasteiger partial charge in [0, 0.05) is 31.3 Å². The number of nitrogens with zero attached hydrogens (tertiary/aromatic N) is 5. The van der Waals surface area contributed by atoms with Crippen molar-refractivity contribution < 1.29 is 14.3 Å². The Hall–Kier alpha value is -3.11. The van der Waals surface area contributed by atoms with Crippen LogP contribution in [0.5, 0.6) is 6.01 Å². The van der Waals surface area contributed by atoms with Crippen molar-refractivity contribution in [2.45, 2.75) is 6.54 Å². The molecule has 2 heterocycles. The van der Waals surface area contributed by atoms with Crippen LogP contribution in [0.2, 0.25) is 0 Å². The van der Waals surface area contributed by atoms with E-state index >= 15 is 0 Å². The Labute approximate surface area is 169 Å². The van der Waals surface area contributed by atoms with E-state index in [2.05, 4.69) is 30.4 Å². The van der Waals surface area contributed by atoms with Gasteiger partial charge >= 0.3 is 6.01 Å². The van der Waals surface area contributed by atoms with Crippen LogP contribution in [0.4, 0.5) is 11.5 Å². The second-order valence-corrected chi connectivity index (χ2v) is 6.37. The molecule has 1 amide bonds. The fourth-order valence-corrected chi connectivity index (χ4v) is 2.71. The van der Waals surface area contributed by atoms with Crippen molar-refractivity contribution in [3.8, 4) is 6.01 Å². The predicted molar refractivity (Wildman–Crippen MR) is 108 cm³/mol. The Kier molecular flexibility index (Phi) is 7.42. The molecule has 29 heavy (non-hydrogen) atoms. The van der Waals surface area contributed by atoms with Crippen molar-refractivity contribution >= 4 is 17.4 Å². The van der Waals surface area contributed by atoms with Gasteiger partial charge in [-0.1, -0.05) is 6.07 Å². The molecule has 0 saturated carbocycles. The maximum Gasteiger partial charge on any atom is 0.318 e. The summed E-state index contributed by atoms with van der Waals surface area (Å²) in [6.45, 7) is 4.24. The second-order valence-electron chi connectivity index (χ2n) is 6.37. The van der Waals surface area contributed by atoms with E-state index in [1.165, 1.54) is 0 Å². The molecule has 3 N–H and O–H groups in total. The summed E-state index contributed by atoms with van der Waals surface area (Å²) < 4.78 is 11.1. The summed E-state index contributed by atoms with van der Waals surface area (Å²) in [6.07, 6.45) is 0. The van der Waals surface area contributed by atoms with Crippen LogP contribution in [0.15, 0.2) is 40.6 Å². The lowest BCUT2D eigenvalue weighted by Crippen LogP contribution is -2.37. The maximum absolute atomic E-state index is 11.3. The molecule has 10 heteroatoms. The largest absolute Gasteiger partial charge is 0.462 e. The highest BCUT2D eigenvalue weighted by Crippen LogP contribution is 2.19. The number of likely N-dealkylation sites (N-methyl/N-ethyl adjacent to an activating group) is 1. The van der Waals surface area contributed by atoms with E-state index in [1.807, 2.05) is 13.1 Å². The lowest BCUT2D eigenvalue weighted by atomic mass is 10.2. The predicted octanol–water partition coefficient (Wildman–Crippen LogP) is 1.29. The third kappa shape index (κ3) is 6.19. The molecule has 1 aromatic carbocycles. The van der Waals surface area contributed by atoms with Gasteiger partial charge in [-0.3, -0.25) is 4.79 Å². The number of aromatic nitrogens is 2. The minimum atomic E-state index is -0.503. The highest BCUT2D eigenvalue weighted by Gasteiger charge is 2.15. The number of carbonyl (C=O) groups is 1. The molecule has 0 radical (unpaired) electrons. The number of carbonyl (C=O) groups excluding carboxylic acids is 1. The summed E-state index contributed by atoms with van der Waals surface area (Å²) in [7, 11) is 1.85. The first-order valence-electron chi connectivity index (χ1n) is 9.41. The van der Waals surface area contributed by atoms with Crippen molar-refractivity contribution in [3.05, 3.63) is 41.6 Å². The quantitative estimate of drug-likeness (QED) is 0.480. The summed E-state index contributed by atoms with van der Waals surface area (Å²) in [5.41, 5.74) is 6.92. The molecular weight excluding hydrogens is 374 g/mol. The number of amides is 1. The third-order valence-corrected chi connectivity index (χ3v) is 4.21. The number of anilines is 1. The highest BCUT2D eigenvalue weighted by molar-refractivity contribution is 5.93. The molecule has 3 rings (SSSR count).